The predicted molar refractivity (Wildman–Crippen MR) is 111 cm³/mol. The zero-order chi connectivity index (χ0) is 20.9. The maximum Gasteiger partial charge on any atom is 0.255 e. The van der Waals surface area contributed by atoms with Gasteiger partial charge in [-0.1, -0.05) is 0 Å². The van der Waals surface area contributed by atoms with Gasteiger partial charge < -0.3 is 29.2 Å². The zero-order valence-electron chi connectivity index (χ0n) is 17.6. The van der Waals surface area contributed by atoms with Gasteiger partial charge in [0, 0.05) is 17.4 Å². The smallest absolute Gasteiger partial charge is 0.255 e. The van der Waals surface area contributed by atoms with Crippen molar-refractivity contribution in [3.63, 3.8) is 0 Å². The van der Waals surface area contributed by atoms with E-state index in [9.17, 15) is 9.59 Å². The first-order chi connectivity index (χ1) is 14.5. The number of morpholine rings is 1. The molecule has 3 aliphatic heterocycles. The minimum absolute atomic E-state index is 0.00855. The molecule has 8 nitrogen and oxygen atoms in total. The number of carbonyl (C=O) groups excluding carboxylic acids is 2. The fourth-order valence-corrected chi connectivity index (χ4v) is 5.22. The molecule has 0 bridgehead atoms. The number of aromatic amines is 1. The van der Waals surface area contributed by atoms with E-state index in [4.69, 9.17) is 9.47 Å². The summed E-state index contributed by atoms with van der Waals surface area (Å²) >= 11 is 0. The highest BCUT2D eigenvalue weighted by Gasteiger charge is 2.54. The molecule has 0 saturated carbocycles. The van der Waals surface area contributed by atoms with E-state index in [0.717, 1.165) is 67.2 Å². The van der Waals surface area contributed by atoms with Gasteiger partial charge in [-0.3, -0.25) is 9.59 Å². The Morgan fingerprint density at radius 2 is 2.07 bits per heavy atom. The Bertz CT molecular complexity index is 996. The third-order valence-corrected chi connectivity index (χ3v) is 6.99. The number of H-pyrrole nitrogens is 1. The first-order valence-corrected chi connectivity index (χ1v) is 10.7. The van der Waals surface area contributed by atoms with Crippen molar-refractivity contribution in [1.82, 2.24) is 14.8 Å². The molecule has 2 fully saturated rings. The normalized spacial score (nSPS) is 24.9. The fourth-order valence-electron chi connectivity index (χ4n) is 5.22. The average molecular weight is 413 g/mol. The lowest BCUT2D eigenvalue weighted by atomic mass is 9.83. The number of carbonyl (C=O) groups is 2. The lowest BCUT2D eigenvalue weighted by molar-refractivity contribution is -0.907. The molecule has 5 rings (SSSR count). The van der Waals surface area contributed by atoms with Gasteiger partial charge >= 0.3 is 0 Å². The van der Waals surface area contributed by atoms with Crippen molar-refractivity contribution in [2.75, 3.05) is 59.6 Å². The summed E-state index contributed by atoms with van der Waals surface area (Å²) in [7, 11) is 1.65. The van der Waals surface area contributed by atoms with Crippen LogP contribution in [0.5, 0.6) is 5.75 Å². The third-order valence-electron chi connectivity index (χ3n) is 6.99. The lowest BCUT2D eigenvalue weighted by Crippen LogP contribution is -3.14. The SMILES string of the molecule is COc1ccc2[nH]c3c(c2c1)CCN1C(=O)CN(CC[NH+]2CCOCC2)C(=O)[C@@]31C. The van der Waals surface area contributed by atoms with E-state index in [1.807, 2.05) is 25.1 Å². The molecule has 0 unspecified atom stereocenters. The number of nitrogens with zero attached hydrogens (tertiary/aromatic N) is 2. The predicted octanol–water partition coefficient (Wildman–Crippen LogP) is -0.466. The molecule has 30 heavy (non-hydrogen) atoms. The molecule has 2 N–H and O–H groups in total. The summed E-state index contributed by atoms with van der Waals surface area (Å²) < 4.78 is 10.8. The monoisotopic (exact) mass is 413 g/mol. The van der Waals surface area contributed by atoms with Gasteiger partial charge in [-0.25, -0.2) is 0 Å². The molecule has 8 heteroatoms. The molecular weight excluding hydrogens is 384 g/mol. The number of piperazine rings is 1. The van der Waals surface area contributed by atoms with Crippen molar-refractivity contribution in [3.05, 3.63) is 29.5 Å². The molecule has 1 aromatic carbocycles. The number of benzene rings is 1. The Morgan fingerprint density at radius 1 is 1.27 bits per heavy atom. The lowest BCUT2D eigenvalue weighted by Gasteiger charge is -2.49. The van der Waals surface area contributed by atoms with E-state index in [1.54, 1.807) is 16.9 Å². The van der Waals surface area contributed by atoms with Crippen LogP contribution in [0, 0.1) is 0 Å². The minimum Gasteiger partial charge on any atom is -0.497 e. The number of amides is 2. The van der Waals surface area contributed by atoms with Crippen molar-refractivity contribution in [2.24, 2.45) is 0 Å². The molecule has 2 amide bonds. The Kier molecular flexibility index (Phi) is 4.71. The maximum atomic E-state index is 13.7. The Hall–Kier alpha value is -2.58. The first kappa shape index (κ1) is 19.4. The average Bonchev–Trinajstić information content (AvgIpc) is 3.15. The summed E-state index contributed by atoms with van der Waals surface area (Å²) in [5.41, 5.74) is 1.94. The van der Waals surface area contributed by atoms with Crippen LogP contribution in [-0.4, -0.2) is 86.2 Å². The van der Waals surface area contributed by atoms with Gasteiger partial charge in [-0.05, 0) is 37.1 Å². The highest BCUT2D eigenvalue weighted by molar-refractivity contribution is 6.00. The number of nitrogens with one attached hydrogen (secondary N) is 2. The fraction of sp³-hybridized carbons (Fsp3) is 0.545. The number of hydrogen-bond donors (Lipinski definition) is 2. The van der Waals surface area contributed by atoms with Crippen LogP contribution in [0.3, 0.4) is 0 Å². The van der Waals surface area contributed by atoms with Gasteiger partial charge in [-0.15, -0.1) is 0 Å². The number of ether oxygens (including phenoxy) is 2. The molecular formula is C22H29N4O4+. The Morgan fingerprint density at radius 3 is 2.83 bits per heavy atom. The van der Waals surface area contributed by atoms with Crippen LogP contribution in [-0.2, 0) is 26.3 Å². The second-order valence-corrected chi connectivity index (χ2v) is 8.60. The van der Waals surface area contributed by atoms with Crippen LogP contribution in [0.4, 0.5) is 0 Å². The highest BCUT2D eigenvalue weighted by atomic mass is 16.5. The summed E-state index contributed by atoms with van der Waals surface area (Å²) in [5.74, 6) is 0.822. The third kappa shape index (κ3) is 2.89. The molecule has 1 aromatic heterocycles. The molecule has 0 radical (unpaired) electrons. The van der Waals surface area contributed by atoms with Crippen molar-refractivity contribution in [3.8, 4) is 5.75 Å². The summed E-state index contributed by atoms with van der Waals surface area (Å²) in [6.45, 7) is 7.47. The van der Waals surface area contributed by atoms with E-state index in [2.05, 4.69) is 4.98 Å². The summed E-state index contributed by atoms with van der Waals surface area (Å²) in [5, 5.41) is 1.07. The van der Waals surface area contributed by atoms with Crippen molar-refractivity contribution >= 4 is 22.7 Å². The maximum absolute atomic E-state index is 13.7. The summed E-state index contributed by atoms with van der Waals surface area (Å²) in [4.78, 5) is 35.2. The zero-order valence-corrected chi connectivity index (χ0v) is 17.6. The topological polar surface area (TPSA) is 79.3 Å². The molecule has 2 aromatic rings. The molecule has 2 saturated heterocycles. The van der Waals surface area contributed by atoms with Gasteiger partial charge in [-0.2, -0.15) is 0 Å². The first-order valence-electron chi connectivity index (χ1n) is 10.7. The molecule has 0 spiro atoms. The van der Waals surface area contributed by atoms with Crippen LogP contribution >= 0.6 is 0 Å². The van der Waals surface area contributed by atoms with E-state index < -0.39 is 5.54 Å². The van der Waals surface area contributed by atoms with Crippen molar-refractivity contribution < 1.29 is 24.0 Å². The van der Waals surface area contributed by atoms with Crippen molar-refractivity contribution in [1.29, 1.82) is 0 Å². The summed E-state index contributed by atoms with van der Waals surface area (Å²) in [6.07, 6.45) is 0.731. The van der Waals surface area contributed by atoms with E-state index >= 15 is 0 Å². The number of quaternary nitrogens is 1. The minimum atomic E-state index is -0.991. The molecule has 4 heterocycles. The van der Waals surface area contributed by atoms with Crippen LogP contribution in [0.25, 0.3) is 10.9 Å². The van der Waals surface area contributed by atoms with Crippen LogP contribution < -0.4 is 9.64 Å². The second kappa shape index (κ2) is 7.28. The van der Waals surface area contributed by atoms with E-state index in [1.165, 1.54) is 4.90 Å². The quantitative estimate of drug-likeness (QED) is 0.711. The Balaban J connectivity index is 1.48. The van der Waals surface area contributed by atoms with E-state index in [-0.39, 0.29) is 18.4 Å². The van der Waals surface area contributed by atoms with Gasteiger partial charge in [0.25, 0.3) is 5.91 Å². The number of aromatic nitrogens is 1. The van der Waals surface area contributed by atoms with Gasteiger partial charge in [0.1, 0.15) is 25.4 Å². The number of fused-ring (bicyclic) bond motifs is 5. The second-order valence-electron chi connectivity index (χ2n) is 8.60. The molecule has 160 valence electrons. The standard InChI is InChI=1S/C22H28N4O4/c1-22-20-16(17-13-15(29-2)3-4-18(17)23-20)5-6-26(22)19(27)14-25(21(22)28)8-7-24-9-11-30-12-10-24/h3-4,13,23H,5-12,14H2,1-2H3/p+1/t22-/m1/s1. The molecule has 0 aliphatic carbocycles. The molecule has 1 atom stereocenters. The van der Waals surface area contributed by atoms with Gasteiger partial charge in [0.05, 0.1) is 39.1 Å². The van der Waals surface area contributed by atoms with Gasteiger partial charge in [0.15, 0.2) is 5.54 Å². The molecule has 3 aliphatic rings. The van der Waals surface area contributed by atoms with Crippen LogP contribution in [0.1, 0.15) is 18.2 Å². The van der Waals surface area contributed by atoms with Crippen LogP contribution in [0.15, 0.2) is 18.2 Å². The number of hydrogen-bond acceptors (Lipinski definition) is 4. The van der Waals surface area contributed by atoms with E-state index in [0.29, 0.717) is 13.1 Å². The highest BCUT2D eigenvalue weighted by Crippen LogP contribution is 2.42. The summed E-state index contributed by atoms with van der Waals surface area (Å²) in [6, 6.07) is 5.91. The van der Waals surface area contributed by atoms with Gasteiger partial charge in [0.2, 0.25) is 5.91 Å². The van der Waals surface area contributed by atoms with Crippen LogP contribution in [0.2, 0.25) is 0 Å². The number of rotatable bonds is 4. The Labute approximate surface area is 175 Å². The number of methoxy groups -OCH3 is 1. The largest absolute Gasteiger partial charge is 0.497 e. The van der Waals surface area contributed by atoms with Crippen molar-refractivity contribution in [2.45, 2.75) is 18.9 Å².